The third-order valence-corrected chi connectivity index (χ3v) is 2.67. The number of aryl methyl sites for hydroxylation is 2. The number of H-pyrrole nitrogens is 1. The summed E-state index contributed by atoms with van der Waals surface area (Å²) in [5.41, 5.74) is 0. The van der Waals surface area contributed by atoms with Crippen molar-refractivity contribution in [2.24, 2.45) is 13.0 Å². The maximum atomic E-state index is 3.27. The molecule has 14 heavy (non-hydrogen) atoms. The Balaban J connectivity index is 2.08. The summed E-state index contributed by atoms with van der Waals surface area (Å²) in [7, 11) is 2.10. The van der Waals surface area contributed by atoms with E-state index in [0.717, 1.165) is 5.92 Å². The Morgan fingerprint density at radius 3 is 2.64 bits per heavy atom. The molecule has 0 bridgehead atoms. The lowest BCUT2D eigenvalue weighted by atomic mass is 10.0. The first-order chi connectivity index (χ1) is 6.70. The molecule has 1 N–H and O–H groups in total. The average Bonchev–Trinajstić information content (AvgIpc) is 2.51. The predicted molar refractivity (Wildman–Crippen MR) is 59.0 cm³/mol. The summed E-state index contributed by atoms with van der Waals surface area (Å²) in [5.74, 6) is 2.20. The second-order valence-corrected chi connectivity index (χ2v) is 4.51. The highest BCUT2D eigenvalue weighted by Crippen LogP contribution is 2.09. The smallest absolute Gasteiger partial charge is 0.248 e. The summed E-state index contributed by atoms with van der Waals surface area (Å²) < 4.78 is 2.17. The van der Waals surface area contributed by atoms with Crippen molar-refractivity contribution < 1.29 is 4.57 Å². The Labute approximate surface area is 87.4 Å². The maximum Gasteiger partial charge on any atom is 0.253 e. The third-order valence-electron chi connectivity index (χ3n) is 2.67. The van der Waals surface area contributed by atoms with E-state index in [1.165, 1.54) is 37.9 Å². The van der Waals surface area contributed by atoms with Gasteiger partial charge in [0.25, 0.3) is 5.82 Å². The second kappa shape index (κ2) is 5.84. The molecule has 0 aliphatic rings. The van der Waals surface area contributed by atoms with Crippen LogP contribution in [0.3, 0.4) is 0 Å². The molecule has 0 aliphatic heterocycles. The van der Waals surface area contributed by atoms with Crippen molar-refractivity contribution in [3.05, 3.63) is 18.2 Å². The van der Waals surface area contributed by atoms with Crippen molar-refractivity contribution in [1.29, 1.82) is 0 Å². The quantitative estimate of drug-likeness (QED) is 0.532. The van der Waals surface area contributed by atoms with Gasteiger partial charge in [-0.1, -0.05) is 33.1 Å². The minimum Gasteiger partial charge on any atom is -0.248 e. The summed E-state index contributed by atoms with van der Waals surface area (Å²) in [6, 6.07) is 0. The van der Waals surface area contributed by atoms with Crippen LogP contribution in [-0.4, -0.2) is 4.98 Å². The van der Waals surface area contributed by atoms with Crippen LogP contribution in [0.2, 0.25) is 0 Å². The van der Waals surface area contributed by atoms with Crippen LogP contribution in [0.1, 0.15) is 45.4 Å². The molecule has 1 aromatic heterocycles. The van der Waals surface area contributed by atoms with Crippen molar-refractivity contribution in [3.8, 4) is 0 Å². The lowest BCUT2D eigenvalue weighted by molar-refractivity contribution is -0.677. The largest absolute Gasteiger partial charge is 0.253 e. The monoisotopic (exact) mass is 195 g/mol. The summed E-state index contributed by atoms with van der Waals surface area (Å²) in [5, 5.41) is 0. The van der Waals surface area contributed by atoms with Gasteiger partial charge in [-0.3, -0.25) is 0 Å². The normalized spacial score (nSPS) is 11.1. The van der Waals surface area contributed by atoms with E-state index in [-0.39, 0.29) is 0 Å². The molecule has 0 aliphatic carbocycles. The summed E-state index contributed by atoms with van der Waals surface area (Å²) in [6.45, 7) is 4.59. The molecule has 0 atom stereocenters. The topological polar surface area (TPSA) is 19.7 Å². The Morgan fingerprint density at radius 1 is 1.29 bits per heavy atom. The minimum atomic E-state index is 0.858. The molecule has 0 saturated carbocycles. The molecule has 0 amide bonds. The van der Waals surface area contributed by atoms with E-state index < -0.39 is 0 Å². The van der Waals surface area contributed by atoms with Gasteiger partial charge in [0.05, 0.1) is 7.05 Å². The van der Waals surface area contributed by atoms with Crippen LogP contribution in [0.15, 0.2) is 12.4 Å². The van der Waals surface area contributed by atoms with E-state index in [4.69, 9.17) is 0 Å². The van der Waals surface area contributed by atoms with E-state index in [1.807, 2.05) is 6.20 Å². The van der Waals surface area contributed by atoms with Gasteiger partial charge in [0, 0.05) is 6.42 Å². The number of aromatic nitrogens is 2. The molecular formula is C12H23N2+. The Bertz CT molecular complexity index is 251. The van der Waals surface area contributed by atoms with Crippen LogP contribution in [0.25, 0.3) is 0 Å². The fourth-order valence-corrected chi connectivity index (χ4v) is 1.71. The summed E-state index contributed by atoms with van der Waals surface area (Å²) >= 11 is 0. The van der Waals surface area contributed by atoms with E-state index in [2.05, 4.69) is 36.6 Å². The number of nitrogens with one attached hydrogen (secondary N) is 1. The molecule has 2 heteroatoms. The number of imidazole rings is 1. The Kier molecular flexibility index (Phi) is 4.71. The number of hydrogen-bond donors (Lipinski definition) is 1. The van der Waals surface area contributed by atoms with Gasteiger partial charge in [0.1, 0.15) is 12.4 Å². The van der Waals surface area contributed by atoms with Crippen LogP contribution in [-0.2, 0) is 13.5 Å². The molecule has 0 spiro atoms. The average molecular weight is 195 g/mol. The Morgan fingerprint density at radius 2 is 2.07 bits per heavy atom. The number of nitrogens with zero attached hydrogens (tertiary/aromatic N) is 1. The fourth-order valence-electron chi connectivity index (χ4n) is 1.71. The standard InChI is InChI=1S/C12H22N2/c1-11(2)7-5-4-6-8-12-13-9-10-14(12)3/h9-11H,4-8H2,1-3H3/p+1. The zero-order valence-electron chi connectivity index (χ0n) is 9.71. The zero-order valence-corrected chi connectivity index (χ0v) is 9.71. The van der Waals surface area contributed by atoms with Crippen LogP contribution in [0, 0.1) is 5.92 Å². The van der Waals surface area contributed by atoms with Gasteiger partial charge in [-0.15, -0.1) is 0 Å². The first kappa shape index (κ1) is 11.3. The molecule has 0 saturated heterocycles. The highest BCUT2D eigenvalue weighted by molar-refractivity contribution is 4.76. The van der Waals surface area contributed by atoms with Crippen molar-refractivity contribution in [3.63, 3.8) is 0 Å². The van der Waals surface area contributed by atoms with Gasteiger partial charge in [-0.2, -0.15) is 0 Å². The number of aromatic amines is 1. The van der Waals surface area contributed by atoms with Gasteiger partial charge in [-0.25, -0.2) is 9.55 Å². The molecule has 80 valence electrons. The molecule has 1 rings (SSSR count). The van der Waals surface area contributed by atoms with E-state index in [1.54, 1.807) is 0 Å². The van der Waals surface area contributed by atoms with E-state index in [0.29, 0.717) is 0 Å². The first-order valence-electron chi connectivity index (χ1n) is 5.72. The number of unbranched alkanes of at least 4 members (excludes halogenated alkanes) is 2. The van der Waals surface area contributed by atoms with Crippen molar-refractivity contribution in [1.82, 2.24) is 4.98 Å². The molecule has 0 aromatic carbocycles. The minimum absolute atomic E-state index is 0.858. The van der Waals surface area contributed by atoms with Gasteiger partial charge >= 0.3 is 0 Å². The molecule has 2 nitrogen and oxygen atoms in total. The van der Waals surface area contributed by atoms with Crippen molar-refractivity contribution in [2.45, 2.75) is 46.0 Å². The van der Waals surface area contributed by atoms with Gasteiger partial charge in [0.15, 0.2) is 0 Å². The van der Waals surface area contributed by atoms with Gasteiger partial charge in [-0.05, 0) is 12.3 Å². The SMILES string of the molecule is CC(C)CCCCCc1[nH]cc[n+]1C. The van der Waals surface area contributed by atoms with Crippen LogP contribution in [0.5, 0.6) is 0 Å². The van der Waals surface area contributed by atoms with Crippen LogP contribution >= 0.6 is 0 Å². The molecular weight excluding hydrogens is 172 g/mol. The number of rotatable bonds is 6. The molecule has 0 unspecified atom stereocenters. The highest BCUT2D eigenvalue weighted by atomic mass is 15.0. The van der Waals surface area contributed by atoms with Gasteiger partial charge < -0.3 is 0 Å². The number of hydrogen-bond acceptors (Lipinski definition) is 0. The Hall–Kier alpha value is -0.790. The fraction of sp³-hybridized carbons (Fsp3) is 0.750. The predicted octanol–water partition coefficient (Wildman–Crippen LogP) is 2.60. The highest BCUT2D eigenvalue weighted by Gasteiger charge is 2.05. The molecule has 0 radical (unpaired) electrons. The van der Waals surface area contributed by atoms with Crippen molar-refractivity contribution >= 4 is 0 Å². The third kappa shape index (κ3) is 3.95. The molecule has 1 aromatic rings. The molecule has 1 heterocycles. The van der Waals surface area contributed by atoms with E-state index >= 15 is 0 Å². The summed E-state index contributed by atoms with van der Waals surface area (Å²) in [6.07, 6.45) is 10.7. The lowest BCUT2D eigenvalue weighted by Gasteiger charge is -2.02. The first-order valence-corrected chi connectivity index (χ1v) is 5.72. The van der Waals surface area contributed by atoms with E-state index in [9.17, 15) is 0 Å². The van der Waals surface area contributed by atoms with Crippen LogP contribution in [0.4, 0.5) is 0 Å². The van der Waals surface area contributed by atoms with Crippen LogP contribution < -0.4 is 4.57 Å². The summed E-state index contributed by atoms with van der Waals surface area (Å²) in [4.78, 5) is 3.27. The molecule has 0 fully saturated rings. The maximum absolute atomic E-state index is 3.27. The lowest BCUT2D eigenvalue weighted by Crippen LogP contribution is -2.30. The zero-order chi connectivity index (χ0) is 10.4. The second-order valence-electron chi connectivity index (χ2n) is 4.51. The van der Waals surface area contributed by atoms with Gasteiger partial charge in [0.2, 0.25) is 0 Å². The van der Waals surface area contributed by atoms with Crippen molar-refractivity contribution in [2.75, 3.05) is 0 Å².